The molecule has 0 saturated carbocycles. The number of hydrogen-bond acceptors (Lipinski definition) is 4. The molecule has 1 atom stereocenters. The van der Waals surface area contributed by atoms with Crippen LogP contribution < -0.4 is 10.6 Å². The van der Waals surface area contributed by atoms with Gasteiger partial charge in [-0.2, -0.15) is 11.8 Å². The second-order valence-corrected chi connectivity index (χ2v) is 11.0. The van der Waals surface area contributed by atoms with Crippen molar-refractivity contribution in [2.75, 3.05) is 31.1 Å². The topological polar surface area (TPSA) is 70.6 Å². The summed E-state index contributed by atoms with van der Waals surface area (Å²) in [4.78, 5) is 4.99. The summed E-state index contributed by atoms with van der Waals surface area (Å²) >= 11 is 5.29. The fourth-order valence-corrected chi connectivity index (χ4v) is 5.26. The van der Waals surface area contributed by atoms with Gasteiger partial charge in [0.1, 0.15) is 0 Å². The Hall–Kier alpha value is -0.730. The molecule has 25 heavy (non-hydrogen) atoms. The van der Waals surface area contributed by atoms with Crippen molar-refractivity contribution in [3.63, 3.8) is 0 Å². The Labute approximate surface area is 163 Å². The summed E-state index contributed by atoms with van der Waals surface area (Å²) in [6.07, 6.45) is 2.42. The zero-order valence-electron chi connectivity index (χ0n) is 14.7. The fourth-order valence-electron chi connectivity index (χ4n) is 2.61. The lowest BCUT2D eigenvalue weighted by Crippen LogP contribution is -2.40. The van der Waals surface area contributed by atoms with E-state index in [1.165, 1.54) is 18.6 Å². The molecule has 5 nitrogen and oxygen atoms in total. The van der Waals surface area contributed by atoms with E-state index in [9.17, 15) is 8.42 Å². The molecule has 1 aromatic rings. The van der Waals surface area contributed by atoms with Crippen LogP contribution >= 0.6 is 27.7 Å². The predicted octanol–water partition coefficient (Wildman–Crippen LogP) is 3.06. The summed E-state index contributed by atoms with van der Waals surface area (Å²) in [5, 5.41) is 6.33. The number of aliphatic imine (C=N–C) groups is 1. The molecule has 8 heteroatoms. The van der Waals surface area contributed by atoms with Crippen LogP contribution in [0.1, 0.15) is 26.7 Å². The normalized spacial score (nSPS) is 21.3. The summed E-state index contributed by atoms with van der Waals surface area (Å²) < 4.78 is 25.8. The van der Waals surface area contributed by atoms with Crippen LogP contribution in [0, 0.1) is 0 Å². The van der Waals surface area contributed by atoms with Gasteiger partial charge in [-0.25, -0.2) is 8.42 Å². The van der Waals surface area contributed by atoms with Gasteiger partial charge >= 0.3 is 0 Å². The maximum absolute atomic E-state index is 12.4. The van der Waals surface area contributed by atoms with Crippen molar-refractivity contribution in [1.29, 1.82) is 0 Å². The molecule has 0 spiro atoms. The minimum Gasteiger partial charge on any atom is -0.357 e. The first kappa shape index (κ1) is 20.6. The number of thioether (sulfide) groups is 1. The number of rotatable bonds is 7. The molecule has 1 heterocycles. The molecule has 0 aromatic heterocycles. The van der Waals surface area contributed by atoms with Gasteiger partial charge in [0.25, 0.3) is 0 Å². The van der Waals surface area contributed by atoms with Gasteiger partial charge in [0, 0.05) is 22.3 Å². The summed E-state index contributed by atoms with van der Waals surface area (Å²) in [6, 6.07) is 6.73. The monoisotopic (exact) mass is 447 g/mol. The highest BCUT2D eigenvalue weighted by Crippen LogP contribution is 2.37. The molecule has 0 radical (unpaired) electrons. The molecule has 1 aliphatic rings. The molecule has 2 rings (SSSR count). The van der Waals surface area contributed by atoms with Crippen molar-refractivity contribution >= 4 is 43.5 Å². The Bertz CT molecular complexity index is 684. The highest BCUT2D eigenvalue weighted by atomic mass is 79.9. The number of nitrogens with zero attached hydrogens (tertiary/aromatic N) is 1. The Morgan fingerprint density at radius 3 is 2.64 bits per heavy atom. The van der Waals surface area contributed by atoms with Crippen molar-refractivity contribution in [1.82, 2.24) is 10.6 Å². The van der Waals surface area contributed by atoms with Crippen LogP contribution in [0.3, 0.4) is 0 Å². The summed E-state index contributed by atoms with van der Waals surface area (Å²) in [5.41, 5.74) is 0. The van der Waals surface area contributed by atoms with E-state index in [1.54, 1.807) is 24.3 Å². The third-order valence-electron chi connectivity index (χ3n) is 4.05. The van der Waals surface area contributed by atoms with E-state index in [1.807, 2.05) is 18.7 Å². The number of sulfone groups is 1. The molecule has 0 amide bonds. The van der Waals surface area contributed by atoms with Crippen LogP contribution in [0.2, 0.25) is 0 Å². The van der Waals surface area contributed by atoms with Gasteiger partial charge in [-0.3, -0.25) is 4.99 Å². The maximum atomic E-state index is 12.4. The molecule has 1 aliphatic heterocycles. The lowest BCUT2D eigenvalue weighted by molar-refractivity contribution is 0.594. The zero-order valence-corrected chi connectivity index (χ0v) is 17.9. The molecular formula is C17H26BrN3O2S2. The van der Waals surface area contributed by atoms with Gasteiger partial charge in [0.15, 0.2) is 15.8 Å². The van der Waals surface area contributed by atoms with Gasteiger partial charge < -0.3 is 10.6 Å². The zero-order chi connectivity index (χ0) is 18.3. The Morgan fingerprint density at radius 2 is 2.04 bits per heavy atom. The number of guanidine groups is 1. The van der Waals surface area contributed by atoms with Gasteiger partial charge in [0.05, 0.1) is 17.2 Å². The SMILES string of the molecule is CCNC(=NCC1(C)CCCS1)NCCS(=O)(=O)c1ccc(Br)cc1. The van der Waals surface area contributed by atoms with E-state index in [-0.39, 0.29) is 10.5 Å². The van der Waals surface area contributed by atoms with Crippen molar-refractivity contribution < 1.29 is 8.42 Å². The van der Waals surface area contributed by atoms with E-state index in [4.69, 9.17) is 0 Å². The number of hydrogen-bond donors (Lipinski definition) is 2. The first-order chi connectivity index (χ1) is 11.8. The lowest BCUT2D eigenvalue weighted by Gasteiger charge is -2.21. The second-order valence-electron chi connectivity index (χ2n) is 6.30. The van der Waals surface area contributed by atoms with Crippen LogP contribution in [0.25, 0.3) is 0 Å². The van der Waals surface area contributed by atoms with Crippen LogP contribution in [0.4, 0.5) is 0 Å². The third kappa shape index (κ3) is 6.49. The van der Waals surface area contributed by atoms with Gasteiger partial charge in [-0.1, -0.05) is 15.9 Å². The van der Waals surface area contributed by atoms with E-state index >= 15 is 0 Å². The number of halogens is 1. The quantitative estimate of drug-likeness (QED) is 0.496. The molecule has 0 bridgehead atoms. The highest BCUT2D eigenvalue weighted by Gasteiger charge is 2.29. The summed E-state index contributed by atoms with van der Waals surface area (Å²) in [6.45, 7) is 6.06. The van der Waals surface area contributed by atoms with Crippen LogP contribution in [-0.2, 0) is 9.84 Å². The molecule has 2 N–H and O–H groups in total. The first-order valence-corrected chi connectivity index (χ1v) is 11.9. The van der Waals surface area contributed by atoms with Crippen LogP contribution in [0.15, 0.2) is 38.6 Å². The van der Waals surface area contributed by atoms with E-state index in [0.29, 0.717) is 17.4 Å². The molecule has 0 aliphatic carbocycles. The van der Waals surface area contributed by atoms with Crippen LogP contribution in [-0.4, -0.2) is 50.3 Å². The third-order valence-corrected chi connectivity index (χ3v) is 7.84. The number of benzene rings is 1. The summed E-state index contributed by atoms with van der Waals surface area (Å²) in [7, 11) is -3.30. The Kier molecular flexibility index (Phi) is 7.64. The van der Waals surface area contributed by atoms with Crippen molar-refractivity contribution in [3.05, 3.63) is 28.7 Å². The van der Waals surface area contributed by atoms with E-state index < -0.39 is 9.84 Å². The Morgan fingerprint density at radius 1 is 1.32 bits per heavy atom. The highest BCUT2D eigenvalue weighted by molar-refractivity contribution is 9.10. The van der Waals surface area contributed by atoms with E-state index in [0.717, 1.165) is 17.6 Å². The standard InChI is InChI=1S/C17H26BrN3O2S2/c1-3-19-16(21-13-17(2)9-4-11-24-17)20-10-12-25(22,23)15-7-5-14(18)6-8-15/h5-8H,3-4,9-13H2,1-2H3,(H2,19,20,21). The van der Waals surface area contributed by atoms with Crippen LogP contribution in [0.5, 0.6) is 0 Å². The molecule has 1 saturated heterocycles. The maximum Gasteiger partial charge on any atom is 0.191 e. The van der Waals surface area contributed by atoms with Gasteiger partial charge in [-0.05, 0) is 56.7 Å². The Balaban J connectivity index is 1.90. The lowest BCUT2D eigenvalue weighted by atomic mass is 10.1. The van der Waals surface area contributed by atoms with Gasteiger partial charge in [0.2, 0.25) is 0 Å². The second kappa shape index (κ2) is 9.28. The molecule has 1 aromatic carbocycles. The molecule has 140 valence electrons. The largest absolute Gasteiger partial charge is 0.357 e. The average Bonchev–Trinajstić information content (AvgIpc) is 3.00. The number of nitrogens with one attached hydrogen (secondary N) is 2. The van der Waals surface area contributed by atoms with Crippen molar-refractivity contribution in [2.24, 2.45) is 4.99 Å². The molecule has 1 fully saturated rings. The minimum absolute atomic E-state index is 0.0328. The van der Waals surface area contributed by atoms with Gasteiger partial charge in [-0.15, -0.1) is 0 Å². The van der Waals surface area contributed by atoms with E-state index in [2.05, 4.69) is 38.5 Å². The van der Waals surface area contributed by atoms with Crippen molar-refractivity contribution in [3.8, 4) is 0 Å². The smallest absolute Gasteiger partial charge is 0.191 e. The average molecular weight is 448 g/mol. The molecule has 1 unspecified atom stereocenters. The first-order valence-electron chi connectivity index (χ1n) is 8.49. The van der Waals surface area contributed by atoms with Crippen molar-refractivity contribution in [2.45, 2.75) is 36.3 Å². The predicted molar refractivity (Wildman–Crippen MR) is 110 cm³/mol. The minimum atomic E-state index is -3.30. The summed E-state index contributed by atoms with van der Waals surface area (Å²) in [5.74, 6) is 1.91. The fraction of sp³-hybridized carbons (Fsp3) is 0.588. The molecular weight excluding hydrogens is 422 g/mol.